The van der Waals surface area contributed by atoms with E-state index >= 15 is 0 Å². The van der Waals surface area contributed by atoms with Gasteiger partial charge in [-0.15, -0.1) is 24.8 Å². The third kappa shape index (κ3) is 7.39. The molecule has 4 nitrogen and oxygen atoms in total. The van der Waals surface area contributed by atoms with Gasteiger partial charge in [0.25, 0.3) is 0 Å². The molecule has 0 aliphatic carbocycles. The minimum absolute atomic E-state index is 0. The summed E-state index contributed by atoms with van der Waals surface area (Å²) in [6, 6.07) is 8.05. The minimum atomic E-state index is -0.184. The molecule has 24 heavy (non-hydrogen) atoms. The molecule has 1 heterocycles. The van der Waals surface area contributed by atoms with Crippen molar-refractivity contribution in [3.63, 3.8) is 0 Å². The lowest BCUT2D eigenvalue weighted by molar-refractivity contribution is -0.119. The summed E-state index contributed by atoms with van der Waals surface area (Å²) in [6.07, 6.45) is 5.34. The smallest absolute Gasteiger partial charge is 0.228 e. The average Bonchev–Trinajstić information content (AvgIpc) is 2.77. The zero-order valence-electron chi connectivity index (χ0n) is 14.7. The summed E-state index contributed by atoms with van der Waals surface area (Å²) in [7, 11) is 0. The minimum Gasteiger partial charge on any atom is -0.327 e. The lowest BCUT2D eigenvalue weighted by atomic mass is 10.0. The molecule has 1 saturated heterocycles. The fourth-order valence-corrected chi connectivity index (χ4v) is 2.74. The van der Waals surface area contributed by atoms with Crippen molar-refractivity contribution in [2.75, 3.05) is 18.4 Å². The molecule has 1 aromatic rings. The first kappa shape index (κ1) is 23.2. The lowest BCUT2D eigenvalue weighted by Gasteiger charge is -2.20. The van der Waals surface area contributed by atoms with Crippen LogP contribution in [0, 0.1) is 5.92 Å². The van der Waals surface area contributed by atoms with Crippen molar-refractivity contribution in [1.29, 1.82) is 0 Å². The molecule has 2 atom stereocenters. The first-order chi connectivity index (χ1) is 10.6. The SMILES string of the molecule is CC(N)C(C)C(=O)Nc1ccc(CN2CCCCCC2)cc1.Cl.Cl. The van der Waals surface area contributed by atoms with Gasteiger partial charge < -0.3 is 11.1 Å². The molecule has 0 spiro atoms. The Kier molecular flexibility index (Phi) is 11.3. The Morgan fingerprint density at radius 1 is 1.08 bits per heavy atom. The molecule has 1 aromatic carbocycles. The van der Waals surface area contributed by atoms with E-state index < -0.39 is 0 Å². The van der Waals surface area contributed by atoms with Gasteiger partial charge in [-0.05, 0) is 50.6 Å². The molecule has 1 fully saturated rings. The van der Waals surface area contributed by atoms with Gasteiger partial charge in [-0.25, -0.2) is 0 Å². The molecule has 138 valence electrons. The highest BCUT2D eigenvalue weighted by molar-refractivity contribution is 5.92. The van der Waals surface area contributed by atoms with Gasteiger partial charge in [-0.2, -0.15) is 0 Å². The second kappa shape index (κ2) is 11.7. The Labute approximate surface area is 158 Å². The highest BCUT2D eigenvalue weighted by atomic mass is 35.5. The number of carbonyl (C=O) groups excluding carboxylic acids is 1. The van der Waals surface area contributed by atoms with E-state index in [9.17, 15) is 4.79 Å². The van der Waals surface area contributed by atoms with E-state index in [1.165, 1.54) is 44.3 Å². The van der Waals surface area contributed by atoms with Crippen LogP contribution in [0.15, 0.2) is 24.3 Å². The van der Waals surface area contributed by atoms with Gasteiger partial charge in [0.15, 0.2) is 0 Å². The van der Waals surface area contributed by atoms with Crippen molar-refractivity contribution in [2.45, 2.75) is 52.1 Å². The number of likely N-dealkylation sites (tertiary alicyclic amines) is 1. The Balaban J connectivity index is 0.00000264. The third-order valence-corrected chi connectivity index (χ3v) is 4.53. The van der Waals surface area contributed by atoms with E-state index in [4.69, 9.17) is 5.73 Å². The van der Waals surface area contributed by atoms with Crippen LogP contribution in [0.1, 0.15) is 45.1 Å². The fraction of sp³-hybridized carbons (Fsp3) is 0.611. The van der Waals surface area contributed by atoms with Crippen molar-refractivity contribution < 1.29 is 4.79 Å². The molecule has 0 saturated carbocycles. The van der Waals surface area contributed by atoms with Crippen LogP contribution in [-0.2, 0) is 11.3 Å². The quantitative estimate of drug-likeness (QED) is 0.821. The number of amides is 1. The molecule has 0 bridgehead atoms. The van der Waals surface area contributed by atoms with Gasteiger partial charge >= 0.3 is 0 Å². The number of hydrogen-bond donors (Lipinski definition) is 2. The molecule has 1 amide bonds. The largest absolute Gasteiger partial charge is 0.327 e. The normalized spacial score (nSPS) is 17.6. The Hall–Kier alpha value is -0.810. The summed E-state index contributed by atoms with van der Waals surface area (Å²) >= 11 is 0. The molecule has 2 rings (SSSR count). The summed E-state index contributed by atoms with van der Waals surface area (Å²) in [6.45, 7) is 7.11. The molecular weight excluding hydrogens is 345 g/mol. The third-order valence-electron chi connectivity index (χ3n) is 4.53. The second-order valence-corrected chi connectivity index (χ2v) is 6.52. The van der Waals surface area contributed by atoms with Crippen molar-refractivity contribution in [1.82, 2.24) is 4.90 Å². The number of carbonyl (C=O) groups is 1. The molecular formula is C18H31Cl2N3O. The summed E-state index contributed by atoms with van der Waals surface area (Å²) in [4.78, 5) is 14.5. The standard InChI is InChI=1S/C18H29N3O.2ClH/c1-14(15(2)19)18(22)20-17-9-7-16(8-10-17)13-21-11-5-3-4-6-12-21;;/h7-10,14-15H,3-6,11-13,19H2,1-2H3,(H,20,22);2*1H. The van der Waals surface area contributed by atoms with Crippen LogP contribution < -0.4 is 11.1 Å². The van der Waals surface area contributed by atoms with E-state index in [1.807, 2.05) is 26.0 Å². The number of halogens is 2. The van der Waals surface area contributed by atoms with Crippen molar-refractivity contribution >= 4 is 36.4 Å². The van der Waals surface area contributed by atoms with E-state index in [0.717, 1.165) is 12.2 Å². The number of anilines is 1. The molecule has 1 aliphatic heterocycles. The molecule has 3 N–H and O–H groups in total. The van der Waals surface area contributed by atoms with E-state index in [1.54, 1.807) is 0 Å². The van der Waals surface area contributed by atoms with Gasteiger partial charge in [0.1, 0.15) is 0 Å². The zero-order chi connectivity index (χ0) is 15.9. The first-order valence-corrected chi connectivity index (χ1v) is 8.44. The van der Waals surface area contributed by atoms with Crippen LogP contribution in [-0.4, -0.2) is 29.9 Å². The monoisotopic (exact) mass is 375 g/mol. The van der Waals surface area contributed by atoms with Gasteiger partial charge in [0.2, 0.25) is 5.91 Å². The highest BCUT2D eigenvalue weighted by Crippen LogP contribution is 2.16. The van der Waals surface area contributed by atoms with Gasteiger partial charge in [0.05, 0.1) is 5.92 Å². The number of rotatable bonds is 5. The van der Waals surface area contributed by atoms with Gasteiger partial charge in [0, 0.05) is 18.3 Å². The molecule has 0 radical (unpaired) electrons. The number of benzene rings is 1. The summed E-state index contributed by atoms with van der Waals surface area (Å²) < 4.78 is 0. The van der Waals surface area contributed by atoms with Crippen LogP contribution in [0.2, 0.25) is 0 Å². The van der Waals surface area contributed by atoms with Crippen LogP contribution in [0.25, 0.3) is 0 Å². The maximum atomic E-state index is 12.0. The lowest BCUT2D eigenvalue weighted by Crippen LogP contribution is -2.34. The number of nitrogens with zero attached hydrogens (tertiary/aromatic N) is 1. The van der Waals surface area contributed by atoms with E-state index in [-0.39, 0.29) is 42.7 Å². The predicted octanol–water partition coefficient (Wildman–Crippen LogP) is 3.83. The average molecular weight is 376 g/mol. The topological polar surface area (TPSA) is 58.4 Å². The van der Waals surface area contributed by atoms with Gasteiger partial charge in [-0.1, -0.05) is 31.9 Å². The Morgan fingerprint density at radius 2 is 1.62 bits per heavy atom. The number of hydrogen-bond acceptors (Lipinski definition) is 3. The Morgan fingerprint density at radius 3 is 2.12 bits per heavy atom. The number of nitrogens with two attached hydrogens (primary N) is 1. The maximum absolute atomic E-state index is 12.0. The highest BCUT2D eigenvalue weighted by Gasteiger charge is 2.17. The molecule has 6 heteroatoms. The molecule has 1 aliphatic rings. The second-order valence-electron chi connectivity index (χ2n) is 6.52. The van der Waals surface area contributed by atoms with Crippen LogP contribution >= 0.6 is 24.8 Å². The first-order valence-electron chi connectivity index (χ1n) is 8.44. The van der Waals surface area contributed by atoms with Crippen LogP contribution in [0.4, 0.5) is 5.69 Å². The Bertz CT molecular complexity index is 472. The van der Waals surface area contributed by atoms with Crippen LogP contribution in [0.3, 0.4) is 0 Å². The fourth-order valence-electron chi connectivity index (χ4n) is 2.74. The number of nitrogens with one attached hydrogen (secondary N) is 1. The van der Waals surface area contributed by atoms with Gasteiger partial charge in [-0.3, -0.25) is 9.69 Å². The van der Waals surface area contributed by atoms with E-state index in [0.29, 0.717) is 0 Å². The summed E-state index contributed by atoms with van der Waals surface area (Å²) in [5, 5.41) is 2.93. The van der Waals surface area contributed by atoms with Crippen LogP contribution in [0.5, 0.6) is 0 Å². The zero-order valence-corrected chi connectivity index (χ0v) is 16.3. The predicted molar refractivity (Wildman–Crippen MR) is 106 cm³/mol. The molecule has 2 unspecified atom stereocenters. The summed E-state index contributed by atoms with van der Waals surface area (Å²) in [5.74, 6) is -0.202. The van der Waals surface area contributed by atoms with E-state index in [2.05, 4.69) is 22.3 Å². The van der Waals surface area contributed by atoms with Crippen molar-refractivity contribution in [2.24, 2.45) is 11.7 Å². The van der Waals surface area contributed by atoms with Crippen molar-refractivity contribution in [3.8, 4) is 0 Å². The maximum Gasteiger partial charge on any atom is 0.228 e. The van der Waals surface area contributed by atoms with Crippen molar-refractivity contribution in [3.05, 3.63) is 29.8 Å². The summed E-state index contributed by atoms with van der Waals surface area (Å²) in [5.41, 5.74) is 7.92. The molecule has 0 aromatic heterocycles.